The van der Waals surface area contributed by atoms with E-state index in [9.17, 15) is 4.79 Å². The SMILES string of the molecule is COc1ccc(C(=O)N/N=C(/CC(C)C)c2ccccc2)cc1OC. The van der Waals surface area contributed by atoms with Crippen LogP contribution < -0.4 is 14.9 Å². The molecule has 0 radical (unpaired) electrons. The highest BCUT2D eigenvalue weighted by Gasteiger charge is 2.12. The van der Waals surface area contributed by atoms with Crippen molar-refractivity contribution in [2.75, 3.05) is 14.2 Å². The summed E-state index contributed by atoms with van der Waals surface area (Å²) in [5.74, 6) is 1.21. The molecule has 2 aromatic carbocycles. The van der Waals surface area contributed by atoms with E-state index in [4.69, 9.17) is 9.47 Å². The van der Waals surface area contributed by atoms with Crippen molar-refractivity contribution >= 4 is 11.6 Å². The molecule has 1 amide bonds. The van der Waals surface area contributed by atoms with E-state index in [1.165, 1.54) is 7.11 Å². The maximum absolute atomic E-state index is 12.4. The predicted molar refractivity (Wildman–Crippen MR) is 99.4 cm³/mol. The third-order valence-electron chi connectivity index (χ3n) is 3.65. The number of methoxy groups -OCH3 is 2. The summed E-state index contributed by atoms with van der Waals surface area (Å²) in [4.78, 5) is 12.4. The number of benzene rings is 2. The van der Waals surface area contributed by atoms with E-state index in [1.807, 2.05) is 30.3 Å². The van der Waals surface area contributed by atoms with Crippen LogP contribution in [0.25, 0.3) is 0 Å². The van der Waals surface area contributed by atoms with Gasteiger partial charge in [0.2, 0.25) is 0 Å². The smallest absolute Gasteiger partial charge is 0.271 e. The van der Waals surface area contributed by atoms with Crippen LogP contribution in [0, 0.1) is 5.92 Å². The molecule has 0 spiro atoms. The molecule has 0 aromatic heterocycles. The van der Waals surface area contributed by atoms with Gasteiger partial charge in [0, 0.05) is 5.56 Å². The Morgan fingerprint density at radius 1 is 1.00 bits per heavy atom. The third-order valence-corrected chi connectivity index (χ3v) is 3.65. The van der Waals surface area contributed by atoms with E-state index in [0.717, 1.165) is 17.7 Å². The number of rotatable bonds is 7. The van der Waals surface area contributed by atoms with Crippen molar-refractivity contribution in [2.45, 2.75) is 20.3 Å². The predicted octanol–water partition coefficient (Wildman–Crippen LogP) is 3.88. The highest BCUT2D eigenvalue weighted by molar-refractivity contribution is 6.02. The Kier molecular flexibility index (Phi) is 6.57. The van der Waals surface area contributed by atoms with Crippen LogP contribution in [0.15, 0.2) is 53.6 Å². The van der Waals surface area contributed by atoms with Crippen LogP contribution in [0.3, 0.4) is 0 Å². The Labute approximate surface area is 148 Å². The monoisotopic (exact) mass is 340 g/mol. The van der Waals surface area contributed by atoms with Crippen LogP contribution in [0.5, 0.6) is 11.5 Å². The lowest BCUT2D eigenvalue weighted by Gasteiger charge is -2.11. The fraction of sp³-hybridized carbons (Fsp3) is 0.300. The van der Waals surface area contributed by atoms with Gasteiger partial charge in [0.25, 0.3) is 5.91 Å². The summed E-state index contributed by atoms with van der Waals surface area (Å²) in [6, 6.07) is 14.9. The zero-order valence-electron chi connectivity index (χ0n) is 15.1. The number of carbonyl (C=O) groups is 1. The van der Waals surface area contributed by atoms with Gasteiger partial charge >= 0.3 is 0 Å². The lowest BCUT2D eigenvalue weighted by Crippen LogP contribution is -2.21. The molecule has 0 aliphatic carbocycles. The molecule has 0 bridgehead atoms. The summed E-state index contributed by atoms with van der Waals surface area (Å²) < 4.78 is 10.4. The van der Waals surface area contributed by atoms with Gasteiger partial charge in [-0.05, 0) is 36.1 Å². The highest BCUT2D eigenvalue weighted by atomic mass is 16.5. The number of amides is 1. The van der Waals surface area contributed by atoms with E-state index in [2.05, 4.69) is 24.4 Å². The second kappa shape index (κ2) is 8.87. The minimum absolute atomic E-state index is 0.293. The van der Waals surface area contributed by atoms with Crippen LogP contribution in [0.4, 0.5) is 0 Å². The number of hydrazone groups is 1. The molecule has 2 rings (SSSR count). The van der Waals surface area contributed by atoms with Gasteiger partial charge in [0.15, 0.2) is 11.5 Å². The Morgan fingerprint density at radius 2 is 1.68 bits per heavy atom. The Hall–Kier alpha value is -2.82. The molecule has 5 heteroatoms. The van der Waals surface area contributed by atoms with E-state index in [-0.39, 0.29) is 5.91 Å². The van der Waals surface area contributed by atoms with Crippen LogP contribution >= 0.6 is 0 Å². The molecule has 1 N–H and O–H groups in total. The first-order chi connectivity index (χ1) is 12.0. The van der Waals surface area contributed by atoms with E-state index < -0.39 is 0 Å². The van der Waals surface area contributed by atoms with Crippen molar-refractivity contribution in [1.82, 2.24) is 5.43 Å². The lowest BCUT2D eigenvalue weighted by molar-refractivity contribution is 0.0954. The van der Waals surface area contributed by atoms with Gasteiger partial charge in [-0.25, -0.2) is 5.43 Å². The Balaban J connectivity index is 2.21. The van der Waals surface area contributed by atoms with Crippen molar-refractivity contribution in [1.29, 1.82) is 0 Å². The first kappa shape index (κ1) is 18.5. The van der Waals surface area contributed by atoms with Crippen molar-refractivity contribution < 1.29 is 14.3 Å². The molecule has 0 unspecified atom stereocenters. The fourth-order valence-corrected chi connectivity index (χ4v) is 2.41. The van der Waals surface area contributed by atoms with Gasteiger partial charge in [0.05, 0.1) is 19.9 Å². The van der Waals surface area contributed by atoms with Gasteiger partial charge in [0.1, 0.15) is 0 Å². The Bertz CT molecular complexity index is 740. The quantitative estimate of drug-likeness (QED) is 0.614. The van der Waals surface area contributed by atoms with Crippen molar-refractivity contribution in [2.24, 2.45) is 11.0 Å². The molecule has 0 saturated heterocycles. The Morgan fingerprint density at radius 3 is 2.28 bits per heavy atom. The first-order valence-corrected chi connectivity index (χ1v) is 8.19. The molecule has 5 nitrogen and oxygen atoms in total. The lowest BCUT2D eigenvalue weighted by atomic mass is 10.0. The molecular weight excluding hydrogens is 316 g/mol. The van der Waals surface area contributed by atoms with Crippen molar-refractivity contribution in [3.63, 3.8) is 0 Å². The normalized spacial score (nSPS) is 11.3. The molecule has 0 aliphatic rings. The summed E-state index contributed by atoms with van der Waals surface area (Å²) in [5.41, 5.74) is 4.96. The standard InChI is InChI=1S/C20H24N2O3/c1-14(2)12-17(15-8-6-5-7-9-15)21-22-20(23)16-10-11-18(24-3)19(13-16)25-4/h5-11,13-14H,12H2,1-4H3,(H,22,23)/b21-17-. The second-order valence-corrected chi connectivity index (χ2v) is 6.03. The van der Waals surface area contributed by atoms with E-state index in [0.29, 0.717) is 23.0 Å². The van der Waals surface area contributed by atoms with Gasteiger partial charge in [-0.1, -0.05) is 44.2 Å². The van der Waals surface area contributed by atoms with Crippen molar-refractivity contribution in [3.8, 4) is 11.5 Å². The average molecular weight is 340 g/mol. The molecule has 25 heavy (non-hydrogen) atoms. The zero-order valence-corrected chi connectivity index (χ0v) is 15.1. The highest BCUT2D eigenvalue weighted by Crippen LogP contribution is 2.27. The minimum atomic E-state index is -0.293. The molecular formula is C20H24N2O3. The molecule has 0 aliphatic heterocycles. The summed E-state index contributed by atoms with van der Waals surface area (Å²) in [7, 11) is 3.09. The second-order valence-electron chi connectivity index (χ2n) is 6.03. The van der Waals surface area contributed by atoms with Gasteiger partial charge in [-0.2, -0.15) is 5.10 Å². The maximum Gasteiger partial charge on any atom is 0.271 e. The van der Waals surface area contributed by atoms with E-state index in [1.54, 1.807) is 25.3 Å². The largest absolute Gasteiger partial charge is 0.493 e. The first-order valence-electron chi connectivity index (χ1n) is 8.19. The van der Waals surface area contributed by atoms with Gasteiger partial charge in [-0.3, -0.25) is 4.79 Å². The number of nitrogens with zero attached hydrogens (tertiary/aromatic N) is 1. The third kappa shape index (κ3) is 5.08. The number of hydrogen-bond donors (Lipinski definition) is 1. The van der Waals surface area contributed by atoms with Crippen LogP contribution in [-0.4, -0.2) is 25.8 Å². The molecule has 0 atom stereocenters. The molecule has 0 fully saturated rings. The summed E-state index contributed by atoms with van der Waals surface area (Å²) in [6.45, 7) is 4.24. The zero-order chi connectivity index (χ0) is 18.2. The molecule has 0 saturated carbocycles. The van der Waals surface area contributed by atoms with Gasteiger partial charge < -0.3 is 9.47 Å². The van der Waals surface area contributed by atoms with Gasteiger partial charge in [-0.15, -0.1) is 0 Å². The van der Waals surface area contributed by atoms with Crippen LogP contribution in [0.1, 0.15) is 36.2 Å². The van der Waals surface area contributed by atoms with E-state index >= 15 is 0 Å². The van der Waals surface area contributed by atoms with Crippen LogP contribution in [0.2, 0.25) is 0 Å². The molecule has 2 aromatic rings. The molecule has 0 heterocycles. The number of nitrogens with one attached hydrogen (secondary N) is 1. The fourth-order valence-electron chi connectivity index (χ4n) is 2.41. The number of hydrogen-bond acceptors (Lipinski definition) is 4. The summed E-state index contributed by atoms with van der Waals surface area (Å²) >= 11 is 0. The summed E-state index contributed by atoms with van der Waals surface area (Å²) in [5, 5.41) is 4.35. The maximum atomic E-state index is 12.4. The number of carbonyl (C=O) groups excluding carboxylic acids is 1. The van der Waals surface area contributed by atoms with Crippen LogP contribution in [-0.2, 0) is 0 Å². The minimum Gasteiger partial charge on any atom is -0.493 e. The molecule has 132 valence electrons. The number of ether oxygens (including phenoxy) is 2. The van der Waals surface area contributed by atoms with Crippen molar-refractivity contribution in [3.05, 3.63) is 59.7 Å². The summed E-state index contributed by atoms with van der Waals surface area (Å²) in [6.07, 6.45) is 0.774. The average Bonchev–Trinajstić information content (AvgIpc) is 2.64. The topological polar surface area (TPSA) is 59.9 Å².